The Morgan fingerprint density at radius 3 is 2.50 bits per heavy atom. The standard InChI is InChI=1S/C9H14N2O3/c1-3-7(4-5-10)11-8(12)6(2)9(13)14/h6-7H,3-4H2,1-2H3,(H,11,12)(H,13,14). The lowest BCUT2D eigenvalue weighted by atomic mass is 10.1. The second-order valence-corrected chi connectivity index (χ2v) is 3.04. The normalized spacial score (nSPS) is 13.8. The predicted octanol–water partition coefficient (Wildman–Crippen LogP) is 0.516. The van der Waals surface area contributed by atoms with E-state index in [9.17, 15) is 9.59 Å². The van der Waals surface area contributed by atoms with Crippen LogP contribution in [0.3, 0.4) is 0 Å². The predicted molar refractivity (Wildman–Crippen MR) is 49.3 cm³/mol. The molecule has 0 saturated carbocycles. The first-order valence-electron chi connectivity index (χ1n) is 4.43. The highest BCUT2D eigenvalue weighted by molar-refractivity contribution is 5.96. The average Bonchev–Trinajstić information content (AvgIpc) is 2.15. The molecule has 5 nitrogen and oxygen atoms in total. The lowest BCUT2D eigenvalue weighted by Gasteiger charge is -2.15. The van der Waals surface area contributed by atoms with Crippen molar-refractivity contribution in [2.24, 2.45) is 5.92 Å². The quantitative estimate of drug-likeness (QED) is 0.630. The molecule has 0 aromatic carbocycles. The van der Waals surface area contributed by atoms with Gasteiger partial charge >= 0.3 is 5.97 Å². The fourth-order valence-electron chi connectivity index (χ4n) is 0.846. The number of amides is 1. The van der Waals surface area contributed by atoms with Crippen LogP contribution in [0.5, 0.6) is 0 Å². The van der Waals surface area contributed by atoms with Crippen LogP contribution in [0.15, 0.2) is 0 Å². The maximum atomic E-state index is 11.2. The van der Waals surface area contributed by atoms with Gasteiger partial charge in [-0.05, 0) is 13.3 Å². The Hall–Kier alpha value is -1.57. The number of carbonyl (C=O) groups is 2. The number of carboxylic acids is 1. The van der Waals surface area contributed by atoms with Gasteiger partial charge in [0.25, 0.3) is 0 Å². The molecule has 2 atom stereocenters. The van der Waals surface area contributed by atoms with Gasteiger partial charge in [-0.1, -0.05) is 6.92 Å². The summed E-state index contributed by atoms with van der Waals surface area (Å²) >= 11 is 0. The van der Waals surface area contributed by atoms with Crippen LogP contribution in [-0.2, 0) is 9.59 Å². The molecule has 0 aliphatic rings. The van der Waals surface area contributed by atoms with E-state index >= 15 is 0 Å². The van der Waals surface area contributed by atoms with Crippen LogP contribution in [0, 0.1) is 17.2 Å². The van der Waals surface area contributed by atoms with Crippen molar-refractivity contribution < 1.29 is 14.7 Å². The molecule has 0 bridgehead atoms. The van der Waals surface area contributed by atoms with Crippen LogP contribution in [-0.4, -0.2) is 23.0 Å². The number of nitrogens with one attached hydrogen (secondary N) is 1. The van der Waals surface area contributed by atoms with Gasteiger partial charge in [0.15, 0.2) is 0 Å². The van der Waals surface area contributed by atoms with Gasteiger partial charge in [0.05, 0.1) is 12.5 Å². The van der Waals surface area contributed by atoms with E-state index in [1.54, 1.807) is 0 Å². The molecule has 0 aromatic rings. The molecule has 78 valence electrons. The minimum atomic E-state index is -1.16. The van der Waals surface area contributed by atoms with Crippen LogP contribution in [0.2, 0.25) is 0 Å². The van der Waals surface area contributed by atoms with Crippen molar-refractivity contribution in [1.29, 1.82) is 5.26 Å². The summed E-state index contributed by atoms with van der Waals surface area (Å²) in [4.78, 5) is 21.7. The number of nitrogens with zero attached hydrogens (tertiary/aromatic N) is 1. The first-order valence-corrected chi connectivity index (χ1v) is 4.43. The SMILES string of the molecule is CCC(CC#N)NC(=O)C(C)C(=O)O. The molecule has 1 amide bonds. The molecule has 2 unspecified atom stereocenters. The Kier molecular flexibility index (Phi) is 5.30. The van der Waals surface area contributed by atoms with E-state index in [-0.39, 0.29) is 12.5 Å². The first kappa shape index (κ1) is 12.4. The molecule has 5 heteroatoms. The van der Waals surface area contributed by atoms with Crippen LogP contribution in [0.1, 0.15) is 26.7 Å². The third-order valence-corrected chi connectivity index (χ3v) is 1.94. The van der Waals surface area contributed by atoms with Crippen molar-refractivity contribution in [2.75, 3.05) is 0 Å². The van der Waals surface area contributed by atoms with E-state index in [4.69, 9.17) is 10.4 Å². The van der Waals surface area contributed by atoms with E-state index in [1.807, 2.05) is 13.0 Å². The fraction of sp³-hybridized carbons (Fsp3) is 0.667. The summed E-state index contributed by atoms with van der Waals surface area (Å²) in [5, 5.41) is 19.5. The minimum absolute atomic E-state index is 0.203. The lowest BCUT2D eigenvalue weighted by molar-refractivity contribution is -0.146. The van der Waals surface area contributed by atoms with Gasteiger partial charge in [0.1, 0.15) is 5.92 Å². The summed E-state index contributed by atoms with van der Waals surface area (Å²) in [5.41, 5.74) is 0. The number of nitriles is 1. The van der Waals surface area contributed by atoms with E-state index < -0.39 is 17.8 Å². The first-order chi connectivity index (χ1) is 6.52. The van der Waals surface area contributed by atoms with Crippen LogP contribution in [0.25, 0.3) is 0 Å². The highest BCUT2D eigenvalue weighted by Crippen LogP contribution is 2.00. The minimum Gasteiger partial charge on any atom is -0.481 e. The van der Waals surface area contributed by atoms with Gasteiger partial charge in [0.2, 0.25) is 5.91 Å². The van der Waals surface area contributed by atoms with E-state index in [0.29, 0.717) is 6.42 Å². The number of carboxylic acid groups (broad SMARTS) is 1. The Labute approximate surface area is 82.7 Å². The Bertz CT molecular complexity index is 257. The van der Waals surface area contributed by atoms with Crippen molar-refractivity contribution in [3.63, 3.8) is 0 Å². The zero-order chi connectivity index (χ0) is 11.1. The highest BCUT2D eigenvalue weighted by atomic mass is 16.4. The lowest BCUT2D eigenvalue weighted by Crippen LogP contribution is -2.40. The zero-order valence-corrected chi connectivity index (χ0v) is 8.28. The van der Waals surface area contributed by atoms with Crippen molar-refractivity contribution >= 4 is 11.9 Å². The number of hydrogen-bond acceptors (Lipinski definition) is 3. The van der Waals surface area contributed by atoms with Crippen molar-refractivity contribution in [1.82, 2.24) is 5.32 Å². The number of aliphatic carboxylic acids is 1. The molecule has 2 N–H and O–H groups in total. The maximum Gasteiger partial charge on any atom is 0.315 e. The molecule has 0 aromatic heterocycles. The van der Waals surface area contributed by atoms with Crippen molar-refractivity contribution in [2.45, 2.75) is 32.7 Å². The third kappa shape index (κ3) is 3.90. The monoisotopic (exact) mass is 198 g/mol. The number of rotatable bonds is 5. The molecule has 0 saturated heterocycles. The van der Waals surface area contributed by atoms with Gasteiger partial charge in [-0.25, -0.2) is 0 Å². The van der Waals surface area contributed by atoms with Gasteiger partial charge in [0, 0.05) is 6.04 Å². The summed E-state index contributed by atoms with van der Waals surface area (Å²) < 4.78 is 0. The molecular weight excluding hydrogens is 184 g/mol. The average molecular weight is 198 g/mol. The van der Waals surface area contributed by atoms with E-state index in [1.165, 1.54) is 6.92 Å². The molecule has 0 heterocycles. The second-order valence-electron chi connectivity index (χ2n) is 3.04. The molecule has 0 spiro atoms. The maximum absolute atomic E-state index is 11.2. The Morgan fingerprint density at radius 2 is 2.14 bits per heavy atom. The van der Waals surface area contributed by atoms with Crippen molar-refractivity contribution in [3.8, 4) is 6.07 Å². The molecule has 0 radical (unpaired) electrons. The second kappa shape index (κ2) is 5.97. The van der Waals surface area contributed by atoms with Crippen LogP contribution >= 0.6 is 0 Å². The number of hydrogen-bond donors (Lipinski definition) is 2. The van der Waals surface area contributed by atoms with E-state index in [2.05, 4.69) is 5.32 Å². The zero-order valence-electron chi connectivity index (χ0n) is 8.28. The van der Waals surface area contributed by atoms with Gasteiger partial charge in [-0.15, -0.1) is 0 Å². The molecule has 0 aliphatic heterocycles. The van der Waals surface area contributed by atoms with Crippen LogP contribution < -0.4 is 5.32 Å². The molecular formula is C9H14N2O3. The third-order valence-electron chi connectivity index (χ3n) is 1.94. The fourth-order valence-corrected chi connectivity index (χ4v) is 0.846. The summed E-state index contributed by atoms with van der Waals surface area (Å²) in [6, 6.07) is 1.67. The molecule has 14 heavy (non-hydrogen) atoms. The Morgan fingerprint density at radius 1 is 1.57 bits per heavy atom. The molecule has 0 rings (SSSR count). The molecule has 0 aliphatic carbocycles. The summed E-state index contributed by atoms with van der Waals surface area (Å²) in [7, 11) is 0. The summed E-state index contributed by atoms with van der Waals surface area (Å²) in [6.07, 6.45) is 0.820. The van der Waals surface area contributed by atoms with Gasteiger partial charge < -0.3 is 10.4 Å². The largest absolute Gasteiger partial charge is 0.481 e. The van der Waals surface area contributed by atoms with Crippen molar-refractivity contribution in [3.05, 3.63) is 0 Å². The van der Waals surface area contributed by atoms with Gasteiger partial charge in [-0.2, -0.15) is 5.26 Å². The summed E-state index contributed by atoms with van der Waals surface area (Å²) in [6.45, 7) is 3.14. The van der Waals surface area contributed by atoms with E-state index in [0.717, 1.165) is 0 Å². The highest BCUT2D eigenvalue weighted by Gasteiger charge is 2.22. The topological polar surface area (TPSA) is 90.2 Å². The smallest absolute Gasteiger partial charge is 0.315 e. The van der Waals surface area contributed by atoms with Crippen LogP contribution in [0.4, 0.5) is 0 Å². The summed E-state index contributed by atoms with van der Waals surface area (Å²) in [5.74, 6) is -2.77. The number of carbonyl (C=O) groups excluding carboxylic acids is 1. The molecule has 0 fully saturated rings. The Balaban J connectivity index is 4.16. The van der Waals surface area contributed by atoms with Gasteiger partial charge in [-0.3, -0.25) is 9.59 Å².